The van der Waals surface area contributed by atoms with Crippen molar-refractivity contribution in [1.82, 2.24) is 10.6 Å². The number of ether oxygens (including phenoxy) is 1. The summed E-state index contributed by atoms with van der Waals surface area (Å²) >= 11 is 5.91. The fourth-order valence-corrected chi connectivity index (χ4v) is 3.04. The number of carbonyl (C=O) groups excluding carboxylic acids is 1. The highest BCUT2D eigenvalue weighted by atomic mass is 35.5. The van der Waals surface area contributed by atoms with Crippen LogP contribution < -0.4 is 10.6 Å². The Morgan fingerprint density at radius 3 is 2.71 bits per heavy atom. The molecule has 2 N–H and O–H groups in total. The molecular formula is C15H20Cl2N2O2. The van der Waals surface area contributed by atoms with Gasteiger partial charge in [-0.05, 0) is 43.5 Å². The molecule has 1 amide bonds. The van der Waals surface area contributed by atoms with Crippen LogP contribution in [0.3, 0.4) is 0 Å². The number of benzene rings is 1. The zero-order valence-corrected chi connectivity index (χ0v) is 13.3. The van der Waals surface area contributed by atoms with E-state index in [2.05, 4.69) is 10.6 Å². The Bertz CT molecular complexity index is 475. The third-order valence-electron chi connectivity index (χ3n) is 3.99. The summed E-state index contributed by atoms with van der Waals surface area (Å²) in [4.78, 5) is 12.2. The third-order valence-corrected chi connectivity index (χ3v) is 4.25. The average Bonchev–Trinajstić information content (AvgIpc) is 3.10. The molecular weight excluding hydrogens is 311 g/mol. The Morgan fingerprint density at radius 1 is 1.29 bits per heavy atom. The molecule has 0 spiro atoms. The van der Waals surface area contributed by atoms with E-state index in [0.717, 1.165) is 31.4 Å². The van der Waals surface area contributed by atoms with Gasteiger partial charge in [0, 0.05) is 11.6 Å². The van der Waals surface area contributed by atoms with Gasteiger partial charge in [-0.1, -0.05) is 23.7 Å². The minimum atomic E-state index is -0.0716. The second kappa shape index (κ2) is 7.45. The van der Waals surface area contributed by atoms with Crippen LogP contribution in [0.15, 0.2) is 24.3 Å². The second-order valence-electron chi connectivity index (χ2n) is 5.40. The van der Waals surface area contributed by atoms with Crippen molar-refractivity contribution in [3.63, 3.8) is 0 Å². The van der Waals surface area contributed by atoms with Crippen LogP contribution in [0.4, 0.5) is 0 Å². The summed E-state index contributed by atoms with van der Waals surface area (Å²) in [5.74, 6) is 0.0944. The summed E-state index contributed by atoms with van der Waals surface area (Å²) in [5, 5.41) is 7.06. The smallest absolute Gasteiger partial charge is 0.237 e. The zero-order valence-electron chi connectivity index (χ0n) is 11.7. The summed E-state index contributed by atoms with van der Waals surface area (Å²) in [6.45, 7) is 1.61. The molecule has 0 aliphatic carbocycles. The molecule has 116 valence electrons. The lowest BCUT2D eigenvalue weighted by Gasteiger charge is -2.22. The lowest BCUT2D eigenvalue weighted by Crippen LogP contribution is -2.46. The van der Waals surface area contributed by atoms with Crippen molar-refractivity contribution >= 4 is 29.9 Å². The first-order chi connectivity index (χ1) is 9.74. The molecule has 1 aromatic carbocycles. The molecule has 2 aliphatic rings. The van der Waals surface area contributed by atoms with E-state index in [1.165, 1.54) is 0 Å². The topological polar surface area (TPSA) is 50.4 Å². The number of hydrogen-bond donors (Lipinski definition) is 2. The quantitative estimate of drug-likeness (QED) is 0.895. The maximum atomic E-state index is 12.2. The minimum Gasteiger partial charge on any atom is -0.371 e. The van der Waals surface area contributed by atoms with Crippen molar-refractivity contribution in [3.05, 3.63) is 34.9 Å². The Labute approximate surface area is 136 Å². The molecule has 3 atom stereocenters. The van der Waals surface area contributed by atoms with E-state index in [-0.39, 0.29) is 36.5 Å². The summed E-state index contributed by atoms with van der Waals surface area (Å²) in [6.07, 6.45) is 2.77. The average molecular weight is 331 g/mol. The first-order valence-electron chi connectivity index (χ1n) is 7.15. The van der Waals surface area contributed by atoms with Crippen molar-refractivity contribution in [2.24, 2.45) is 0 Å². The van der Waals surface area contributed by atoms with Gasteiger partial charge in [0.15, 0.2) is 0 Å². The first-order valence-corrected chi connectivity index (χ1v) is 7.52. The molecule has 0 saturated carbocycles. The van der Waals surface area contributed by atoms with Crippen LogP contribution in [0, 0.1) is 0 Å². The van der Waals surface area contributed by atoms with Crippen molar-refractivity contribution in [1.29, 1.82) is 0 Å². The normalized spacial score (nSPS) is 28.1. The molecule has 21 heavy (non-hydrogen) atoms. The third kappa shape index (κ3) is 3.89. The van der Waals surface area contributed by atoms with Crippen LogP contribution in [0.2, 0.25) is 5.02 Å². The highest BCUT2D eigenvalue weighted by Gasteiger charge is 2.33. The standard InChI is InChI=1S/C15H19ClN2O2.ClH/c16-11-5-3-10(4-6-11)14-12(7-9-20-14)18-15(19)13-2-1-8-17-13;/h3-6,12-14,17H,1-2,7-9H2,(H,18,19);1H. The molecule has 0 bridgehead atoms. The maximum Gasteiger partial charge on any atom is 0.237 e. The van der Waals surface area contributed by atoms with Gasteiger partial charge in [-0.25, -0.2) is 0 Å². The molecule has 2 aliphatic heterocycles. The van der Waals surface area contributed by atoms with E-state index < -0.39 is 0 Å². The largest absolute Gasteiger partial charge is 0.371 e. The number of hydrogen-bond acceptors (Lipinski definition) is 3. The van der Waals surface area contributed by atoms with Gasteiger partial charge in [0.05, 0.1) is 12.1 Å². The Kier molecular flexibility index (Phi) is 5.88. The molecule has 3 rings (SSSR count). The first kappa shape index (κ1) is 16.6. The van der Waals surface area contributed by atoms with Gasteiger partial charge in [-0.2, -0.15) is 0 Å². The van der Waals surface area contributed by atoms with Crippen LogP contribution in [0.1, 0.15) is 30.9 Å². The van der Waals surface area contributed by atoms with E-state index in [9.17, 15) is 4.79 Å². The predicted molar refractivity (Wildman–Crippen MR) is 85.0 cm³/mol. The number of halogens is 2. The molecule has 2 fully saturated rings. The van der Waals surface area contributed by atoms with Gasteiger partial charge in [-0.3, -0.25) is 4.79 Å². The molecule has 1 aromatic rings. The monoisotopic (exact) mass is 330 g/mol. The van der Waals surface area contributed by atoms with Crippen LogP contribution in [-0.4, -0.2) is 31.1 Å². The number of amides is 1. The Hall–Kier alpha value is -0.810. The molecule has 0 radical (unpaired) electrons. The van der Waals surface area contributed by atoms with Gasteiger partial charge in [0.2, 0.25) is 5.91 Å². The SMILES string of the molecule is Cl.O=C(NC1CCOC1c1ccc(Cl)cc1)C1CCCN1. The molecule has 3 unspecified atom stereocenters. The summed E-state index contributed by atoms with van der Waals surface area (Å²) in [5.41, 5.74) is 1.07. The van der Waals surface area contributed by atoms with E-state index in [4.69, 9.17) is 16.3 Å². The van der Waals surface area contributed by atoms with Crippen molar-refractivity contribution in [2.45, 2.75) is 37.5 Å². The Balaban J connectivity index is 0.00000161. The van der Waals surface area contributed by atoms with Gasteiger partial charge < -0.3 is 15.4 Å². The molecule has 0 aromatic heterocycles. The Morgan fingerprint density at radius 2 is 2.05 bits per heavy atom. The van der Waals surface area contributed by atoms with Gasteiger partial charge in [-0.15, -0.1) is 12.4 Å². The minimum absolute atomic E-state index is 0. The van der Waals surface area contributed by atoms with Gasteiger partial charge in [0.25, 0.3) is 0 Å². The fraction of sp³-hybridized carbons (Fsp3) is 0.533. The zero-order chi connectivity index (χ0) is 13.9. The lowest BCUT2D eigenvalue weighted by molar-refractivity contribution is -0.123. The summed E-state index contributed by atoms with van der Waals surface area (Å²) < 4.78 is 5.78. The lowest BCUT2D eigenvalue weighted by atomic mass is 10.0. The molecule has 6 heteroatoms. The van der Waals surface area contributed by atoms with Crippen molar-refractivity contribution in [2.75, 3.05) is 13.2 Å². The van der Waals surface area contributed by atoms with Crippen molar-refractivity contribution < 1.29 is 9.53 Å². The van der Waals surface area contributed by atoms with Gasteiger partial charge in [0.1, 0.15) is 6.10 Å². The van der Waals surface area contributed by atoms with Crippen LogP contribution in [0.25, 0.3) is 0 Å². The van der Waals surface area contributed by atoms with Crippen LogP contribution >= 0.6 is 24.0 Å². The van der Waals surface area contributed by atoms with Crippen LogP contribution in [-0.2, 0) is 9.53 Å². The summed E-state index contributed by atoms with van der Waals surface area (Å²) in [6, 6.07) is 7.65. The highest BCUT2D eigenvalue weighted by Crippen LogP contribution is 2.30. The number of carbonyl (C=O) groups is 1. The summed E-state index contributed by atoms with van der Waals surface area (Å²) in [7, 11) is 0. The van der Waals surface area contributed by atoms with E-state index >= 15 is 0 Å². The van der Waals surface area contributed by atoms with E-state index in [0.29, 0.717) is 11.6 Å². The second-order valence-corrected chi connectivity index (χ2v) is 5.83. The van der Waals surface area contributed by atoms with Crippen LogP contribution in [0.5, 0.6) is 0 Å². The van der Waals surface area contributed by atoms with Gasteiger partial charge >= 0.3 is 0 Å². The molecule has 4 nitrogen and oxygen atoms in total. The molecule has 2 heterocycles. The van der Waals surface area contributed by atoms with E-state index in [1.54, 1.807) is 0 Å². The number of nitrogens with one attached hydrogen (secondary N) is 2. The highest BCUT2D eigenvalue weighted by molar-refractivity contribution is 6.30. The number of rotatable bonds is 3. The van der Waals surface area contributed by atoms with E-state index in [1.807, 2.05) is 24.3 Å². The fourth-order valence-electron chi connectivity index (χ4n) is 2.91. The predicted octanol–water partition coefficient (Wildman–Crippen LogP) is 2.46. The maximum absolute atomic E-state index is 12.2. The molecule has 2 saturated heterocycles. The van der Waals surface area contributed by atoms with Crippen molar-refractivity contribution in [3.8, 4) is 0 Å².